The first-order chi connectivity index (χ1) is 13.6. The van der Waals surface area contributed by atoms with Crippen LogP contribution in [0, 0.1) is 0 Å². The third-order valence-electron chi connectivity index (χ3n) is 4.47. The second kappa shape index (κ2) is 11.1. The molecular formula is C22H28ClN3O2S. The average molecular weight is 434 g/mol. The molecule has 1 heterocycles. The molecule has 0 saturated heterocycles. The van der Waals surface area contributed by atoms with Crippen molar-refractivity contribution in [3.63, 3.8) is 0 Å². The van der Waals surface area contributed by atoms with E-state index in [0.29, 0.717) is 12.3 Å². The summed E-state index contributed by atoms with van der Waals surface area (Å²) in [7, 11) is 4.07. The van der Waals surface area contributed by atoms with Gasteiger partial charge >= 0.3 is 0 Å². The topological polar surface area (TPSA) is 45.7 Å². The van der Waals surface area contributed by atoms with Crippen molar-refractivity contribution in [3.8, 4) is 5.75 Å². The minimum absolute atomic E-state index is 0. The largest absolute Gasteiger partial charge is 0.484 e. The molecule has 0 fully saturated rings. The van der Waals surface area contributed by atoms with Crippen molar-refractivity contribution in [1.82, 2.24) is 9.88 Å². The first-order valence-electron chi connectivity index (χ1n) is 9.59. The molecule has 0 saturated carbocycles. The van der Waals surface area contributed by atoms with Crippen LogP contribution in [0.3, 0.4) is 0 Å². The number of amides is 1. The van der Waals surface area contributed by atoms with E-state index in [2.05, 4.69) is 24.0 Å². The lowest BCUT2D eigenvalue weighted by atomic mass is 10.2. The van der Waals surface area contributed by atoms with E-state index in [-0.39, 0.29) is 24.9 Å². The highest BCUT2D eigenvalue weighted by Gasteiger charge is 2.20. The highest BCUT2D eigenvalue weighted by atomic mass is 35.5. The quantitative estimate of drug-likeness (QED) is 0.493. The number of halogens is 1. The normalized spacial score (nSPS) is 10.8. The maximum atomic E-state index is 12.9. The number of ether oxygens (including phenoxy) is 1. The summed E-state index contributed by atoms with van der Waals surface area (Å²) in [6, 6.07) is 15.7. The molecular weight excluding hydrogens is 406 g/mol. The number of thiazole rings is 1. The molecule has 0 aliphatic rings. The van der Waals surface area contributed by atoms with Crippen molar-refractivity contribution < 1.29 is 9.53 Å². The first kappa shape index (κ1) is 23.1. The fraction of sp³-hybridized carbons (Fsp3) is 0.364. The molecule has 0 N–H and O–H groups in total. The lowest BCUT2D eigenvalue weighted by molar-refractivity contribution is -0.120. The molecule has 0 bridgehead atoms. The van der Waals surface area contributed by atoms with Gasteiger partial charge in [-0.1, -0.05) is 42.5 Å². The lowest BCUT2D eigenvalue weighted by Crippen LogP contribution is -2.36. The van der Waals surface area contributed by atoms with Crippen LogP contribution in [0.15, 0.2) is 48.5 Å². The first-order valence-corrected chi connectivity index (χ1v) is 10.4. The third-order valence-corrected chi connectivity index (χ3v) is 5.52. The van der Waals surface area contributed by atoms with Crippen LogP contribution in [-0.4, -0.2) is 49.6 Å². The summed E-state index contributed by atoms with van der Waals surface area (Å²) in [5.74, 6) is 0.623. The summed E-state index contributed by atoms with van der Waals surface area (Å²) < 4.78 is 6.80. The number of aromatic nitrogens is 1. The van der Waals surface area contributed by atoms with Gasteiger partial charge in [-0.15, -0.1) is 12.4 Å². The average Bonchev–Trinajstić information content (AvgIpc) is 3.12. The molecule has 0 radical (unpaired) electrons. The van der Waals surface area contributed by atoms with E-state index >= 15 is 0 Å². The van der Waals surface area contributed by atoms with Crippen molar-refractivity contribution in [3.05, 3.63) is 54.1 Å². The Morgan fingerprint density at radius 1 is 1.10 bits per heavy atom. The number of carbonyl (C=O) groups is 1. The fourth-order valence-corrected chi connectivity index (χ4v) is 3.98. The van der Waals surface area contributed by atoms with E-state index in [1.54, 1.807) is 16.2 Å². The van der Waals surface area contributed by atoms with E-state index in [1.165, 1.54) is 5.56 Å². The van der Waals surface area contributed by atoms with Gasteiger partial charge in [0.05, 0.1) is 10.2 Å². The molecule has 3 aromatic rings. The maximum absolute atomic E-state index is 12.9. The molecule has 29 heavy (non-hydrogen) atoms. The Kier molecular flexibility index (Phi) is 8.89. The van der Waals surface area contributed by atoms with Gasteiger partial charge in [0.1, 0.15) is 5.75 Å². The minimum Gasteiger partial charge on any atom is -0.484 e. The summed E-state index contributed by atoms with van der Waals surface area (Å²) in [6.07, 6.45) is 1.86. The molecule has 0 aliphatic carbocycles. The highest BCUT2D eigenvalue weighted by Crippen LogP contribution is 2.30. The molecule has 0 unspecified atom stereocenters. The minimum atomic E-state index is -0.0719. The molecule has 2 aromatic carbocycles. The Bertz CT molecular complexity index is 915. The number of rotatable bonds is 9. The van der Waals surface area contributed by atoms with E-state index in [4.69, 9.17) is 9.72 Å². The number of hydrogen-bond acceptors (Lipinski definition) is 5. The summed E-state index contributed by atoms with van der Waals surface area (Å²) in [6.45, 7) is 3.67. The van der Waals surface area contributed by atoms with Crippen molar-refractivity contribution in [2.45, 2.75) is 19.8 Å². The predicted octanol–water partition coefficient (Wildman–Crippen LogP) is 4.64. The van der Waals surface area contributed by atoms with Gasteiger partial charge in [-0.25, -0.2) is 4.98 Å². The fourth-order valence-electron chi connectivity index (χ4n) is 2.90. The van der Waals surface area contributed by atoms with Gasteiger partial charge in [-0.2, -0.15) is 0 Å². The van der Waals surface area contributed by atoms with E-state index in [9.17, 15) is 4.79 Å². The van der Waals surface area contributed by atoms with E-state index in [0.717, 1.165) is 34.7 Å². The maximum Gasteiger partial charge on any atom is 0.266 e. The van der Waals surface area contributed by atoms with Crippen LogP contribution in [0.1, 0.15) is 18.9 Å². The van der Waals surface area contributed by atoms with Gasteiger partial charge < -0.3 is 9.64 Å². The van der Waals surface area contributed by atoms with Crippen molar-refractivity contribution in [2.24, 2.45) is 0 Å². The van der Waals surface area contributed by atoms with Crippen molar-refractivity contribution in [2.75, 3.05) is 38.7 Å². The van der Waals surface area contributed by atoms with E-state index in [1.807, 2.05) is 50.5 Å². The zero-order valence-electron chi connectivity index (χ0n) is 17.1. The van der Waals surface area contributed by atoms with Crippen LogP contribution in [0.25, 0.3) is 10.2 Å². The summed E-state index contributed by atoms with van der Waals surface area (Å²) >= 11 is 1.57. The summed E-state index contributed by atoms with van der Waals surface area (Å²) in [5.41, 5.74) is 2.21. The van der Waals surface area contributed by atoms with Gasteiger partial charge in [0.25, 0.3) is 5.91 Å². The van der Waals surface area contributed by atoms with Gasteiger partial charge in [0.2, 0.25) is 0 Å². The molecule has 1 amide bonds. The van der Waals surface area contributed by atoms with Crippen LogP contribution in [0.4, 0.5) is 5.13 Å². The smallest absolute Gasteiger partial charge is 0.266 e. The molecule has 5 nitrogen and oxygen atoms in total. The molecule has 7 heteroatoms. The summed E-state index contributed by atoms with van der Waals surface area (Å²) in [4.78, 5) is 21.6. The van der Waals surface area contributed by atoms with Crippen LogP contribution < -0.4 is 9.64 Å². The SMILES string of the molecule is CCc1ccc2nc(N(CCCN(C)C)C(=O)COc3ccccc3)sc2c1.Cl. The Hall–Kier alpha value is -2.15. The second-order valence-corrected chi connectivity index (χ2v) is 7.97. The molecule has 0 aliphatic heterocycles. The van der Waals surface area contributed by atoms with Crippen LogP contribution >= 0.6 is 23.7 Å². The number of anilines is 1. The summed E-state index contributed by atoms with van der Waals surface area (Å²) in [5, 5.41) is 0.740. The van der Waals surface area contributed by atoms with Gasteiger partial charge in [-0.3, -0.25) is 9.69 Å². The zero-order chi connectivity index (χ0) is 19.9. The van der Waals surface area contributed by atoms with Crippen LogP contribution in [0.5, 0.6) is 5.75 Å². The number of hydrogen-bond donors (Lipinski definition) is 0. The zero-order valence-corrected chi connectivity index (χ0v) is 18.8. The van der Waals surface area contributed by atoms with Gasteiger partial charge in [0, 0.05) is 6.54 Å². The lowest BCUT2D eigenvalue weighted by Gasteiger charge is -2.21. The van der Waals surface area contributed by atoms with Crippen molar-refractivity contribution >= 4 is 45.0 Å². The van der Waals surface area contributed by atoms with E-state index < -0.39 is 0 Å². The second-order valence-electron chi connectivity index (χ2n) is 6.96. The number of carbonyl (C=O) groups excluding carboxylic acids is 1. The molecule has 0 spiro atoms. The number of aryl methyl sites for hydroxylation is 1. The third kappa shape index (κ3) is 6.42. The van der Waals surface area contributed by atoms with Crippen LogP contribution in [-0.2, 0) is 11.2 Å². The Morgan fingerprint density at radius 3 is 2.55 bits per heavy atom. The monoisotopic (exact) mass is 433 g/mol. The number of fused-ring (bicyclic) bond motifs is 1. The van der Waals surface area contributed by atoms with Gasteiger partial charge in [0.15, 0.2) is 11.7 Å². The Morgan fingerprint density at radius 2 is 1.86 bits per heavy atom. The molecule has 0 atom stereocenters. The molecule has 156 valence electrons. The standard InChI is InChI=1S/C22H27N3O2S.ClH/c1-4-17-11-12-19-20(15-17)28-22(23-19)25(14-8-13-24(2)3)21(26)16-27-18-9-6-5-7-10-18;/h5-7,9-12,15H,4,8,13-14,16H2,1-3H3;1H. The molecule has 1 aromatic heterocycles. The highest BCUT2D eigenvalue weighted by molar-refractivity contribution is 7.22. The van der Waals surface area contributed by atoms with Crippen LogP contribution in [0.2, 0.25) is 0 Å². The van der Waals surface area contributed by atoms with Crippen molar-refractivity contribution in [1.29, 1.82) is 0 Å². The van der Waals surface area contributed by atoms with Gasteiger partial charge in [-0.05, 0) is 63.3 Å². The number of para-hydroxylation sites is 1. The predicted molar refractivity (Wildman–Crippen MR) is 124 cm³/mol. The Labute approximate surface area is 182 Å². The Balaban J connectivity index is 0.00000300. The number of benzene rings is 2. The number of nitrogens with zero attached hydrogens (tertiary/aromatic N) is 3. The molecule has 3 rings (SSSR count).